The van der Waals surface area contributed by atoms with Crippen LogP contribution in [0.1, 0.15) is 0 Å². The summed E-state index contributed by atoms with van der Waals surface area (Å²) >= 11 is 0. The Morgan fingerprint density at radius 2 is 2.00 bits per heavy atom. The first-order chi connectivity index (χ1) is 11.2. The number of nitrogens with one attached hydrogen (secondary N) is 2. The fourth-order valence-electron chi connectivity index (χ4n) is 2.17. The average molecular weight is 309 g/mol. The van der Waals surface area contributed by atoms with E-state index in [1.165, 1.54) is 0 Å². The van der Waals surface area contributed by atoms with Crippen LogP contribution in [0.3, 0.4) is 0 Å². The van der Waals surface area contributed by atoms with Crippen LogP contribution in [-0.4, -0.2) is 52.3 Å². The number of para-hydroxylation sites is 1. The summed E-state index contributed by atoms with van der Waals surface area (Å²) < 4.78 is 0. The number of anilines is 3. The molecule has 0 aliphatic heterocycles. The van der Waals surface area contributed by atoms with Crippen molar-refractivity contribution in [2.45, 2.75) is 0 Å². The van der Waals surface area contributed by atoms with Crippen LogP contribution in [-0.2, 0) is 0 Å². The summed E-state index contributed by atoms with van der Waals surface area (Å²) in [5.41, 5.74) is 1.74. The normalized spacial score (nSPS) is 10.9. The summed E-state index contributed by atoms with van der Waals surface area (Å²) in [6.07, 6.45) is 3.38. The summed E-state index contributed by atoms with van der Waals surface area (Å²) in [5.74, 6) is 1.13. The molecule has 0 unspecified atom stereocenters. The minimum absolute atomic E-state index is 0.443. The van der Waals surface area contributed by atoms with Gasteiger partial charge in [0.15, 0.2) is 5.82 Å². The predicted octanol–water partition coefficient (Wildman–Crippen LogP) is 2.14. The van der Waals surface area contributed by atoms with Gasteiger partial charge in [-0.25, -0.2) is 0 Å². The van der Waals surface area contributed by atoms with E-state index in [-0.39, 0.29) is 0 Å². The number of hydrogen-bond acceptors (Lipinski definition) is 7. The molecule has 3 rings (SSSR count). The highest BCUT2D eigenvalue weighted by Gasteiger charge is 2.05. The third-order valence-corrected chi connectivity index (χ3v) is 3.30. The third-order valence-electron chi connectivity index (χ3n) is 3.30. The maximum atomic E-state index is 4.43. The van der Waals surface area contributed by atoms with E-state index < -0.39 is 0 Å². The molecule has 3 aromatic rings. The molecule has 0 saturated heterocycles. The van der Waals surface area contributed by atoms with Crippen molar-refractivity contribution in [1.29, 1.82) is 0 Å². The highest BCUT2D eigenvalue weighted by molar-refractivity contribution is 5.91. The first-order valence-electron chi connectivity index (χ1n) is 7.41. The average Bonchev–Trinajstić information content (AvgIpc) is 2.55. The highest BCUT2D eigenvalue weighted by Crippen LogP contribution is 2.22. The van der Waals surface area contributed by atoms with Crippen LogP contribution >= 0.6 is 0 Å². The zero-order chi connectivity index (χ0) is 16.1. The molecular formula is C16H19N7. The number of aromatic nitrogens is 4. The van der Waals surface area contributed by atoms with Gasteiger partial charge in [0.25, 0.3) is 0 Å². The molecule has 0 saturated carbocycles. The van der Waals surface area contributed by atoms with E-state index in [4.69, 9.17) is 0 Å². The summed E-state index contributed by atoms with van der Waals surface area (Å²) in [5, 5.41) is 15.5. The fourth-order valence-corrected chi connectivity index (χ4v) is 2.17. The van der Waals surface area contributed by atoms with Gasteiger partial charge in [-0.05, 0) is 26.2 Å². The lowest BCUT2D eigenvalue weighted by Gasteiger charge is -2.11. The lowest BCUT2D eigenvalue weighted by Crippen LogP contribution is -2.21. The fraction of sp³-hybridized carbons (Fsp3) is 0.250. The smallest absolute Gasteiger partial charge is 0.249 e. The number of rotatable bonds is 6. The van der Waals surface area contributed by atoms with Crippen molar-refractivity contribution in [2.24, 2.45) is 0 Å². The molecule has 7 nitrogen and oxygen atoms in total. The Bertz CT molecular complexity index is 783. The zero-order valence-electron chi connectivity index (χ0n) is 13.2. The Morgan fingerprint density at radius 1 is 1.13 bits per heavy atom. The maximum Gasteiger partial charge on any atom is 0.249 e. The maximum absolute atomic E-state index is 4.43. The summed E-state index contributed by atoms with van der Waals surface area (Å²) in [7, 11) is 4.06. The standard InChI is InChI=1S/C16H19N7/c1-23(2)10-9-17-14-11-19-22-16(21-14)20-13-7-3-5-12-6-4-8-18-15(12)13/h3-8,11H,9-10H2,1-2H3,(H2,17,20,21,22). The lowest BCUT2D eigenvalue weighted by atomic mass is 10.2. The van der Waals surface area contributed by atoms with Gasteiger partial charge in [-0.3, -0.25) is 4.98 Å². The van der Waals surface area contributed by atoms with E-state index in [0.29, 0.717) is 11.8 Å². The minimum Gasteiger partial charge on any atom is -0.367 e. The molecule has 0 atom stereocenters. The molecule has 2 aromatic heterocycles. The van der Waals surface area contributed by atoms with Crippen LogP contribution in [0.2, 0.25) is 0 Å². The molecule has 118 valence electrons. The van der Waals surface area contributed by atoms with E-state index in [0.717, 1.165) is 29.7 Å². The third kappa shape index (κ3) is 3.89. The number of hydrogen-bond donors (Lipinski definition) is 2. The molecule has 1 aromatic carbocycles. The van der Waals surface area contributed by atoms with Crippen LogP contribution < -0.4 is 10.6 Å². The van der Waals surface area contributed by atoms with Crippen LogP contribution in [0, 0.1) is 0 Å². The molecule has 0 radical (unpaired) electrons. The van der Waals surface area contributed by atoms with Gasteiger partial charge in [0.05, 0.1) is 17.4 Å². The molecule has 2 heterocycles. The second-order valence-corrected chi connectivity index (χ2v) is 5.40. The molecule has 0 amide bonds. The van der Waals surface area contributed by atoms with Gasteiger partial charge in [-0.2, -0.15) is 10.1 Å². The van der Waals surface area contributed by atoms with E-state index in [2.05, 4.69) is 35.7 Å². The summed E-state index contributed by atoms with van der Waals surface area (Å²) in [6, 6.07) is 9.88. The van der Waals surface area contributed by atoms with Gasteiger partial charge in [0, 0.05) is 24.7 Å². The van der Waals surface area contributed by atoms with Crippen molar-refractivity contribution in [3.63, 3.8) is 0 Å². The van der Waals surface area contributed by atoms with Gasteiger partial charge in [-0.1, -0.05) is 18.2 Å². The van der Waals surface area contributed by atoms with Gasteiger partial charge in [0.2, 0.25) is 5.95 Å². The first-order valence-corrected chi connectivity index (χ1v) is 7.41. The molecule has 0 fully saturated rings. The zero-order valence-corrected chi connectivity index (χ0v) is 13.2. The van der Waals surface area contributed by atoms with Crippen molar-refractivity contribution >= 4 is 28.4 Å². The topological polar surface area (TPSA) is 78.9 Å². The molecule has 7 heteroatoms. The summed E-state index contributed by atoms with van der Waals surface area (Å²) in [4.78, 5) is 10.9. The van der Waals surface area contributed by atoms with Crippen LogP contribution in [0.15, 0.2) is 42.7 Å². The van der Waals surface area contributed by atoms with Crippen molar-refractivity contribution < 1.29 is 0 Å². The minimum atomic E-state index is 0.443. The van der Waals surface area contributed by atoms with E-state index in [1.54, 1.807) is 12.4 Å². The van der Waals surface area contributed by atoms with Crippen molar-refractivity contribution in [3.05, 3.63) is 42.7 Å². The Labute approximate surface area is 134 Å². The molecule has 0 spiro atoms. The van der Waals surface area contributed by atoms with Crippen molar-refractivity contribution in [3.8, 4) is 0 Å². The summed E-state index contributed by atoms with van der Waals surface area (Å²) in [6.45, 7) is 1.71. The largest absolute Gasteiger partial charge is 0.367 e. The van der Waals surface area contributed by atoms with Crippen molar-refractivity contribution in [1.82, 2.24) is 25.1 Å². The van der Waals surface area contributed by atoms with E-state index in [1.807, 2.05) is 44.4 Å². The molecular weight excluding hydrogens is 290 g/mol. The van der Waals surface area contributed by atoms with Gasteiger partial charge in [0.1, 0.15) is 0 Å². The number of benzene rings is 1. The van der Waals surface area contributed by atoms with Crippen LogP contribution in [0.4, 0.5) is 17.5 Å². The van der Waals surface area contributed by atoms with E-state index >= 15 is 0 Å². The molecule has 0 aliphatic carbocycles. The number of pyridine rings is 1. The first kappa shape index (κ1) is 15.1. The van der Waals surface area contributed by atoms with Gasteiger partial charge in [-0.15, -0.1) is 5.10 Å². The monoisotopic (exact) mass is 309 g/mol. The van der Waals surface area contributed by atoms with Crippen molar-refractivity contribution in [2.75, 3.05) is 37.8 Å². The van der Waals surface area contributed by atoms with Gasteiger partial charge < -0.3 is 15.5 Å². The van der Waals surface area contributed by atoms with Crippen LogP contribution in [0.25, 0.3) is 10.9 Å². The second-order valence-electron chi connectivity index (χ2n) is 5.40. The Kier molecular flexibility index (Phi) is 4.58. The molecule has 0 aliphatic rings. The Hall–Kier alpha value is -2.80. The number of nitrogens with zero attached hydrogens (tertiary/aromatic N) is 5. The highest BCUT2D eigenvalue weighted by atomic mass is 15.3. The lowest BCUT2D eigenvalue weighted by molar-refractivity contribution is 0.425. The van der Waals surface area contributed by atoms with Gasteiger partial charge >= 0.3 is 0 Å². The second kappa shape index (κ2) is 6.97. The number of likely N-dealkylation sites (N-methyl/N-ethyl adjacent to an activating group) is 1. The molecule has 23 heavy (non-hydrogen) atoms. The SMILES string of the molecule is CN(C)CCNc1cnnc(Nc2cccc3cccnc23)n1. The molecule has 0 bridgehead atoms. The quantitative estimate of drug-likeness (QED) is 0.722. The van der Waals surface area contributed by atoms with Crippen LogP contribution in [0.5, 0.6) is 0 Å². The Morgan fingerprint density at radius 3 is 2.87 bits per heavy atom. The predicted molar refractivity (Wildman–Crippen MR) is 91.9 cm³/mol. The Balaban J connectivity index is 1.77. The molecule has 2 N–H and O–H groups in total. The van der Waals surface area contributed by atoms with E-state index in [9.17, 15) is 0 Å². The number of fused-ring (bicyclic) bond motifs is 1.